The first-order valence-corrected chi connectivity index (χ1v) is 7.48. The van der Waals surface area contributed by atoms with Gasteiger partial charge in [-0.15, -0.1) is 0 Å². The summed E-state index contributed by atoms with van der Waals surface area (Å²) in [7, 11) is 2.24. The van der Waals surface area contributed by atoms with Gasteiger partial charge in [-0.25, -0.2) is 4.98 Å². The van der Waals surface area contributed by atoms with Crippen molar-refractivity contribution in [2.75, 3.05) is 31.6 Å². The van der Waals surface area contributed by atoms with Gasteiger partial charge in [0.15, 0.2) is 0 Å². The Bertz CT molecular complexity index is 469. The summed E-state index contributed by atoms with van der Waals surface area (Å²) in [6.07, 6.45) is 1.32. The highest BCUT2D eigenvalue weighted by atomic mass is 15.3. The molecule has 0 saturated carbocycles. The Morgan fingerprint density at radius 3 is 2.79 bits per heavy atom. The number of hydrogen-bond donors (Lipinski definition) is 0. The molecular formula is C16H25N3. The molecule has 3 heterocycles. The molecule has 0 aromatic carbocycles. The van der Waals surface area contributed by atoms with E-state index < -0.39 is 0 Å². The Balaban J connectivity index is 1.90. The second-order valence-corrected chi connectivity index (χ2v) is 6.61. The van der Waals surface area contributed by atoms with E-state index in [-0.39, 0.29) is 0 Å². The van der Waals surface area contributed by atoms with E-state index >= 15 is 0 Å². The Kier molecular flexibility index (Phi) is 3.25. The van der Waals surface area contributed by atoms with Crippen LogP contribution in [0.5, 0.6) is 0 Å². The van der Waals surface area contributed by atoms with E-state index in [9.17, 15) is 0 Å². The van der Waals surface area contributed by atoms with Crippen LogP contribution in [0.4, 0.5) is 5.82 Å². The quantitative estimate of drug-likeness (QED) is 0.814. The molecule has 0 radical (unpaired) electrons. The number of fused-ring (bicyclic) bond motifs is 1. The lowest BCUT2D eigenvalue weighted by molar-refractivity contribution is 0.386. The van der Waals surface area contributed by atoms with Crippen LogP contribution in [-0.4, -0.2) is 42.6 Å². The minimum absolute atomic E-state index is 0.503. The van der Waals surface area contributed by atoms with Gasteiger partial charge in [-0.05, 0) is 49.9 Å². The molecule has 0 bridgehead atoms. The third kappa shape index (κ3) is 2.36. The number of nitrogens with zero attached hydrogens (tertiary/aromatic N) is 3. The molecule has 1 aromatic heterocycles. The maximum Gasteiger partial charge on any atom is 0.129 e. The zero-order valence-electron chi connectivity index (χ0n) is 12.6. The van der Waals surface area contributed by atoms with Gasteiger partial charge in [0.05, 0.1) is 0 Å². The second kappa shape index (κ2) is 4.78. The molecule has 2 atom stereocenters. The number of hydrogen-bond acceptors (Lipinski definition) is 3. The standard InChI is InChI=1S/C16H25N3/c1-11(2)14-7-12(3)8-16(17-14)19-6-5-13-9-18(4)10-15(13)19/h7-8,11,13,15H,5-6,9-10H2,1-4H3/t13-,15+/m0/s1. The van der Waals surface area contributed by atoms with Gasteiger partial charge in [0, 0.05) is 31.4 Å². The second-order valence-electron chi connectivity index (χ2n) is 6.61. The predicted molar refractivity (Wildman–Crippen MR) is 79.8 cm³/mol. The van der Waals surface area contributed by atoms with Gasteiger partial charge in [-0.3, -0.25) is 0 Å². The Hall–Kier alpha value is -1.09. The normalized spacial score (nSPS) is 27.3. The first-order valence-electron chi connectivity index (χ1n) is 7.48. The molecule has 0 N–H and O–H groups in total. The average molecular weight is 259 g/mol. The van der Waals surface area contributed by atoms with Gasteiger partial charge in [0.2, 0.25) is 0 Å². The van der Waals surface area contributed by atoms with Crippen LogP contribution < -0.4 is 4.90 Å². The number of aromatic nitrogens is 1. The Morgan fingerprint density at radius 2 is 2.05 bits per heavy atom. The molecular weight excluding hydrogens is 234 g/mol. The summed E-state index contributed by atoms with van der Waals surface area (Å²) >= 11 is 0. The molecule has 3 heteroatoms. The maximum absolute atomic E-state index is 4.91. The molecule has 3 nitrogen and oxygen atoms in total. The van der Waals surface area contributed by atoms with Crippen molar-refractivity contribution in [3.05, 3.63) is 23.4 Å². The first-order chi connectivity index (χ1) is 9.04. The topological polar surface area (TPSA) is 19.4 Å². The van der Waals surface area contributed by atoms with Crippen molar-refractivity contribution < 1.29 is 0 Å². The molecule has 2 saturated heterocycles. The van der Waals surface area contributed by atoms with E-state index in [0.29, 0.717) is 12.0 Å². The van der Waals surface area contributed by atoms with Crippen LogP contribution in [-0.2, 0) is 0 Å². The van der Waals surface area contributed by atoms with Crippen LogP contribution in [0, 0.1) is 12.8 Å². The summed E-state index contributed by atoms with van der Waals surface area (Å²) in [6.45, 7) is 10.3. The van der Waals surface area contributed by atoms with Gasteiger partial charge >= 0.3 is 0 Å². The summed E-state index contributed by atoms with van der Waals surface area (Å²) in [4.78, 5) is 9.92. The largest absolute Gasteiger partial charge is 0.352 e. The molecule has 0 spiro atoms. The fraction of sp³-hybridized carbons (Fsp3) is 0.688. The highest BCUT2D eigenvalue weighted by Gasteiger charge is 2.40. The third-order valence-electron chi connectivity index (χ3n) is 4.59. The van der Waals surface area contributed by atoms with E-state index in [1.54, 1.807) is 0 Å². The van der Waals surface area contributed by atoms with Crippen LogP contribution >= 0.6 is 0 Å². The highest BCUT2D eigenvalue weighted by molar-refractivity contribution is 5.46. The minimum atomic E-state index is 0.503. The fourth-order valence-corrected chi connectivity index (χ4v) is 3.58. The lowest BCUT2D eigenvalue weighted by Gasteiger charge is -2.26. The van der Waals surface area contributed by atoms with Crippen molar-refractivity contribution in [2.45, 2.75) is 39.2 Å². The van der Waals surface area contributed by atoms with E-state index in [4.69, 9.17) is 4.98 Å². The molecule has 0 amide bonds. The maximum atomic E-state index is 4.91. The zero-order valence-corrected chi connectivity index (χ0v) is 12.6. The van der Waals surface area contributed by atoms with Gasteiger partial charge in [0.1, 0.15) is 5.82 Å². The van der Waals surface area contributed by atoms with Gasteiger partial charge in [0.25, 0.3) is 0 Å². The molecule has 104 valence electrons. The number of likely N-dealkylation sites (tertiary alicyclic amines) is 1. The minimum Gasteiger partial charge on any atom is -0.352 e. The summed E-state index contributed by atoms with van der Waals surface area (Å²) in [5, 5.41) is 0. The number of likely N-dealkylation sites (N-methyl/N-ethyl adjacent to an activating group) is 1. The third-order valence-corrected chi connectivity index (χ3v) is 4.59. The lowest BCUT2D eigenvalue weighted by atomic mass is 10.0. The molecule has 2 aliphatic rings. The smallest absolute Gasteiger partial charge is 0.129 e. The molecule has 2 aliphatic heterocycles. The molecule has 2 fully saturated rings. The Labute approximate surface area is 116 Å². The molecule has 3 rings (SSSR count). The monoisotopic (exact) mass is 259 g/mol. The van der Waals surface area contributed by atoms with Gasteiger partial charge < -0.3 is 9.80 Å². The highest BCUT2D eigenvalue weighted by Crippen LogP contribution is 2.34. The SMILES string of the molecule is Cc1cc(C(C)C)nc(N2CC[C@H]3CN(C)C[C@H]32)c1. The summed E-state index contributed by atoms with van der Waals surface area (Å²) < 4.78 is 0. The number of aryl methyl sites for hydroxylation is 1. The predicted octanol–water partition coefficient (Wildman–Crippen LogP) is 2.65. The van der Waals surface area contributed by atoms with Crippen molar-refractivity contribution in [3.8, 4) is 0 Å². The first kappa shape index (κ1) is 12.9. The van der Waals surface area contributed by atoms with Crippen LogP contribution in [0.3, 0.4) is 0 Å². The zero-order chi connectivity index (χ0) is 13.6. The van der Waals surface area contributed by atoms with Crippen molar-refractivity contribution in [3.63, 3.8) is 0 Å². The number of rotatable bonds is 2. The van der Waals surface area contributed by atoms with Crippen LogP contribution in [0.15, 0.2) is 12.1 Å². The van der Waals surface area contributed by atoms with Crippen molar-refractivity contribution >= 4 is 5.82 Å². The molecule has 19 heavy (non-hydrogen) atoms. The average Bonchev–Trinajstić information content (AvgIpc) is 2.86. The van der Waals surface area contributed by atoms with Crippen molar-refractivity contribution in [2.24, 2.45) is 5.92 Å². The van der Waals surface area contributed by atoms with Gasteiger partial charge in [-0.1, -0.05) is 13.8 Å². The fourth-order valence-electron chi connectivity index (χ4n) is 3.58. The number of pyridine rings is 1. The van der Waals surface area contributed by atoms with E-state index in [1.807, 2.05) is 0 Å². The molecule has 1 aromatic rings. The van der Waals surface area contributed by atoms with Crippen LogP contribution in [0.1, 0.15) is 37.4 Å². The summed E-state index contributed by atoms with van der Waals surface area (Å²) in [5.41, 5.74) is 2.56. The van der Waals surface area contributed by atoms with E-state index in [1.165, 1.54) is 43.1 Å². The van der Waals surface area contributed by atoms with Crippen molar-refractivity contribution in [1.82, 2.24) is 9.88 Å². The Morgan fingerprint density at radius 1 is 1.26 bits per heavy atom. The van der Waals surface area contributed by atoms with E-state index in [0.717, 1.165) is 5.92 Å². The van der Waals surface area contributed by atoms with Gasteiger partial charge in [-0.2, -0.15) is 0 Å². The van der Waals surface area contributed by atoms with Crippen molar-refractivity contribution in [1.29, 1.82) is 0 Å². The van der Waals surface area contributed by atoms with E-state index in [2.05, 4.69) is 49.8 Å². The van der Waals surface area contributed by atoms with Crippen LogP contribution in [0.25, 0.3) is 0 Å². The van der Waals surface area contributed by atoms with Crippen LogP contribution in [0.2, 0.25) is 0 Å². The molecule has 0 aliphatic carbocycles. The molecule has 0 unspecified atom stereocenters. The summed E-state index contributed by atoms with van der Waals surface area (Å²) in [6, 6.07) is 5.16. The summed E-state index contributed by atoms with van der Waals surface area (Å²) in [5.74, 6) is 2.55. The number of anilines is 1. The lowest BCUT2D eigenvalue weighted by Crippen LogP contribution is -2.35.